The smallest absolute Gasteiger partial charge is 0.319 e. The molecule has 0 heterocycles. The number of amides is 2. The Kier molecular flexibility index (Phi) is 5.18. The van der Waals surface area contributed by atoms with E-state index < -0.39 is 18.0 Å². The van der Waals surface area contributed by atoms with Crippen LogP contribution in [0.1, 0.15) is 41.1 Å². The number of hydrogen-bond acceptors (Lipinski definition) is 3. The summed E-state index contributed by atoms with van der Waals surface area (Å²) in [7, 11) is 0. The van der Waals surface area contributed by atoms with Crippen LogP contribution in [-0.2, 0) is 17.6 Å². The van der Waals surface area contributed by atoms with Gasteiger partial charge in [-0.3, -0.25) is 4.79 Å². The highest BCUT2D eigenvalue weighted by Gasteiger charge is 2.20. The van der Waals surface area contributed by atoms with Crippen molar-refractivity contribution in [2.75, 3.05) is 5.32 Å². The Balaban J connectivity index is 1.72. The average Bonchev–Trinajstić information content (AvgIpc) is 3.09. The lowest BCUT2D eigenvalue weighted by molar-refractivity contribution is -0.137. The molecule has 2 aromatic carbocycles. The molecule has 0 aliphatic heterocycles. The fourth-order valence-electron chi connectivity index (χ4n) is 3.19. The monoisotopic (exact) mass is 349 g/mol. The zero-order valence-corrected chi connectivity index (χ0v) is 14.2. The predicted molar refractivity (Wildman–Crippen MR) is 96.8 cm³/mol. The first-order valence-corrected chi connectivity index (χ1v) is 8.46. The molecule has 6 heteroatoms. The first-order chi connectivity index (χ1) is 12.5. The van der Waals surface area contributed by atoms with Crippen molar-refractivity contribution in [3.8, 4) is 6.07 Å². The van der Waals surface area contributed by atoms with Crippen LogP contribution in [0.4, 0.5) is 10.5 Å². The zero-order chi connectivity index (χ0) is 18.5. The molecule has 0 radical (unpaired) electrons. The lowest BCUT2D eigenvalue weighted by Gasteiger charge is -2.19. The largest absolute Gasteiger partial charge is 0.481 e. The second kappa shape index (κ2) is 7.70. The number of carboxylic acid groups (broad SMARTS) is 1. The summed E-state index contributed by atoms with van der Waals surface area (Å²) in [6, 6.07) is 13.3. The number of urea groups is 1. The molecule has 3 N–H and O–H groups in total. The normalized spacial score (nSPS) is 13.3. The number of fused-ring (bicyclic) bond motifs is 1. The van der Waals surface area contributed by atoms with Crippen molar-refractivity contribution in [1.29, 1.82) is 5.26 Å². The number of nitriles is 1. The molecule has 6 nitrogen and oxygen atoms in total. The van der Waals surface area contributed by atoms with Crippen molar-refractivity contribution < 1.29 is 14.7 Å². The van der Waals surface area contributed by atoms with Gasteiger partial charge in [0.15, 0.2) is 0 Å². The molecule has 0 spiro atoms. The molecule has 0 saturated heterocycles. The van der Waals surface area contributed by atoms with Gasteiger partial charge in [0.25, 0.3) is 0 Å². The SMILES string of the molecule is N#Cc1ccc(NC(=O)NC(CC(=O)O)c2ccc3c(c2)CCC3)cc1. The summed E-state index contributed by atoms with van der Waals surface area (Å²) in [5.74, 6) is -0.978. The van der Waals surface area contributed by atoms with Gasteiger partial charge in [0.05, 0.1) is 24.1 Å². The second-order valence-corrected chi connectivity index (χ2v) is 6.32. The highest BCUT2D eigenvalue weighted by Crippen LogP contribution is 2.27. The molecule has 132 valence electrons. The van der Waals surface area contributed by atoms with Crippen LogP contribution >= 0.6 is 0 Å². The first-order valence-electron chi connectivity index (χ1n) is 8.46. The van der Waals surface area contributed by atoms with Gasteiger partial charge in [-0.1, -0.05) is 18.2 Å². The summed E-state index contributed by atoms with van der Waals surface area (Å²) in [5, 5.41) is 23.4. The molecular weight excluding hydrogens is 330 g/mol. The number of carbonyl (C=O) groups excluding carboxylic acids is 1. The van der Waals surface area contributed by atoms with Crippen molar-refractivity contribution in [3.63, 3.8) is 0 Å². The third-order valence-electron chi connectivity index (χ3n) is 4.48. The minimum absolute atomic E-state index is 0.195. The molecule has 2 amide bonds. The van der Waals surface area contributed by atoms with Gasteiger partial charge >= 0.3 is 12.0 Å². The van der Waals surface area contributed by atoms with Gasteiger partial charge in [0.2, 0.25) is 0 Å². The van der Waals surface area contributed by atoms with E-state index in [2.05, 4.69) is 10.6 Å². The molecule has 3 rings (SSSR count). The Hall–Kier alpha value is -3.33. The number of rotatable bonds is 5. The maximum Gasteiger partial charge on any atom is 0.319 e. The Morgan fingerprint density at radius 3 is 2.54 bits per heavy atom. The number of anilines is 1. The molecule has 1 unspecified atom stereocenters. The van der Waals surface area contributed by atoms with E-state index >= 15 is 0 Å². The fraction of sp³-hybridized carbons (Fsp3) is 0.250. The number of benzene rings is 2. The summed E-state index contributed by atoms with van der Waals surface area (Å²) < 4.78 is 0. The van der Waals surface area contributed by atoms with Crippen LogP contribution in [0.5, 0.6) is 0 Å². The Morgan fingerprint density at radius 1 is 1.12 bits per heavy atom. The van der Waals surface area contributed by atoms with E-state index in [0.29, 0.717) is 11.3 Å². The van der Waals surface area contributed by atoms with E-state index in [0.717, 1.165) is 24.8 Å². The standard InChI is InChI=1S/C20H19N3O3/c21-12-13-4-8-17(9-5-13)22-20(26)23-18(11-19(24)25)16-7-6-14-2-1-3-15(14)10-16/h4-10,18H,1-3,11H2,(H,24,25)(H2,22,23,26). The minimum Gasteiger partial charge on any atom is -0.481 e. The van der Waals surface area contributed by atoms with Crippen LogP contribution in [0.15, 0.2) is 42.5 Å². The van der Waals surface area contributed by atoms with E-state index in [9.17, 15) is 14.7 Å². The van der Waals surface area contributed by atoms with Gasteiger partial charge in [-0.25, -0.2) is 4.79 Å². The van der Waals surface area contributed by atoms with Crippen LogP contribution < -0.4 is 10.6 Å². The van der Waals surface area contributed by atoms with E-state index in [1.165, 1.54) is 11.1 Å². The summed E-state index contributed by atoms with van der Waals surface area (Å²) in [5.41, 5.74) is 4.35. The van der Waals surface area contributed by atoms with Crippen LogP contribution in [0.3, 0.4) is 0 Å². The summed E-state index contributed by atoms with van der Waals surface area (Å²) in [6.45, 7) is 0. The van der Waals surface area contributed by atoms with E-state index in [1.54, 1.807) is 24.3 Å². The maximum absolute atomic E-state index is 12.3. The van der Waals surface area contributed by atoms with Crippen LogP contribution in [0.25, 0.3) is 0 Å². The molecule has 0 saturated carbocycles. The van der Waals surface area contributed by atoms with Crippen LogP contribution in [0, 0.1) is 11.3 Å². The Bertz CT molecular complexity index is 869. The van der Waals surface area contributed by atoms with Gasteiger partial charge in [-0.15, -0.1) is 0 Å². The van der Waals surface area contributed by atoms with E-state index in [-0.39, 0.29) is 6.42 Å². The fourth-order valence-corrected chi connectivity index (χ4v) is 3.19. The molecular formula is C20H19N3O3. The van der Waals surface area contributed by atoms with Crippen molar-refractivity contribution in [2.45, 2.75) is 31.7 Å². The number of hydrogen-bond donors (Lipinski definition) is 3. The molecule has 1 aliphatic carbocycles. The number of carbonyl (C=O) groups is 2. The molecule has 0 aromatic heterocycles. The van der Waals surface area contributed by atoms with Gasteiger partial charge < -0.3 is 15.7 Å². The number of nitrogens with one attached hydrogen (secondary N) is 2. The summed E-state index contributed by atoms with van der Waals surface area (Å²) in [6.07, 6.45) is 2.95. The zero-order valence-electron chi connectivity index (χ0n) is 14.2. The number of aliphatic carboxylic acids is 1. The molecule has 2 aromatic rings. The third kappa shape index (κ3) is 4.19. The summed E-state index contributed by atoms with van der Waals surface area (Å²) in [4.78, 5) is 23.5. The van der Waals surface area contributed by atoms with Crippen LogP contribution in [0.2, 0.25) is 0 Å². The second-order valence-electron chi connectivity index (χ2n) is 6.32. The quantitative estimate of drug-likeness (QED) is 0.770. The molecule has 26 heavy (non-hydrogen) atoms. The molecule has 1 atom stereocenters. The highest BCUT2D eigenvalue weighted by atomic mass is 16.4. The molecule has 1 aliphatic rings. The van der Waals surface area contributed by atoms with Crippen molar-refractivity contribution >= 4 is 17.7 Å². The van der Waals surface area contributed by atoms with Crippen LogP contribution in [-0.4, -0.2) is 17.1 Å². The van der Waals surface area contributed by atoms with E-state index in [4.69, 9.17) is 5.26 Å². The molecule has 0 bridgehead atoms. The maximum atomic E-state index is 12.3. The van der Waals surface area contributed by atoms with E-state index in [1.807, 2.05) is 24.3 Å². The highest BCUT2D eigenvalue weighted by molar-refractivity contribution is 5.89. The topological polar surface area (TPSA) is 102 Å². The Labute approximate surface area is 151 Å². The Morgan fingerprint density at radius 2 is 1.85 bits per heavy atom. The average molecular weight is 349 g/mol. The van der Waals surface area contributed by atoms with Gasteiger partial charge in [0, 0.05) is 5.69 Å². The summed E-state index contributed by atoms with van der Waals surface area (Å²) >= 11 is 0. The first kappa shape index (κ1) is 17.5. The number of aryl methyl sites for hydroxylation is 2. The minimum atomic E-state index is -0.978. The van der Waals surface area contributed by atoms with Gasteiger partial charge in [-0.2, -0.15) is 5.26 Å². The third-order valence-corrected chi connectivity index (χ3v) is 4.48. The number of carboxylic acids is 1. The predicted octanol–water partition coefficient (Wildman–Crippen LogP) is 3.38. The lowest BCUT2D eigenvalue weighted by Crippen LogP contribution is -2.33. The van der Waals surface area contributed by atoms with Crippen molar-refractivity contribution in [1.82, 2.24) is 5.32 Å². The van der Waals surface area contributed by atoms with Crippen molar-refractivity contribution in [2.24, 2.45) is 0 Å². The van der Waals surface area contributed by atoms with Gasteiger partial charge in [-0.05, 0) is 60.2 Å². The lowest BCUT2D eigenvalue weighted by atomic mass is 9.99. The molecule has 0 fully saturated rings. The number of nitrogens with zero attached hydrogens (tertiary/aromatic N) is 1. The van der Waals surface area contributed by atoms with Gasteiger partial charge in [0.1, 0.15) is 0 Å². The van der Waals surface area contributed by atoms with Crippen molar-refractivity contribution in [3.05, 3.63) is 64.7 Å².